The Morgan fingerprint density at radius 3 is 1.57 bits per heavy atom. The molecule has 0 amide bonds. The van der Waals surface area contributed by atoms with E-state index in [0.29, 0.717) is 0 Å². The number of anilines is 3. The van der Waals surface area contributed by atoms with E-state index in [1.165, 1.54) is 16.7 Å². The van der Waals surface area contributed by atoms with Crippen molar-refractivity contribution >= 4 is 29.2 Å². The molecular formula is C28H25NO. The van der Waals surface area contributed by atoms with Crippen molar-refractivity contribution in [2.75, 3.05) is 12.0 Å². The third-order valence-corrected chi connectivity index (χ3v) is 5.04. The standard InChI is InChI=1S/C28H25NO/c1-22-8-14-25(15-9-22)29(27-18-20-28(30-2)21-19-27)26-16-12-24(13-17-26)11-10-23-6-4-3-5-7-23/h3-21H,1-2H3. The number of methoxy groups -OCH3 is 1. The van der Waals surface area contributed by atoms with Crippen LogP contribution >= 0.6 is 0 Å². The van der Waals surface area contributed by atoms with E-state index in [-0.39, 0.29) is 0 Å². The summed E-state index contributed by atoms with van der Waals surface area (Å²) in [6.07, 6.45) is 4.28. The van der Waals surface area contributed by atoms with Gasteiger partial charge in [-0.1, -0.05) is 72.3 Å². The fourth-order valence-corrected chi connectivity index (χ4v) is 3.36. The van der Waals surface area contributed by atoms with Crippen LogP contribution in [0.25, 0.3) is 12.2 Å². The lowest BCUT2D eigenvalue weighted by atomic mass is 10.1. The van der Waals surface area contributed by atoms with Gasteiger partial charge >= 0.3 is 0 Å². The zero-order chi connectivity index (χ0) is 20.8. The third-order valence-electron chi connectivity index (χ3n) is 5.04. The van der Waals surface area contributed by atoms with Gasteiger partial charge in [-0.15, -0.1) is 0 Å². The summed E-state index contributed by atoms with van der Waals surface area (Å²) in [5, 5.41) is 0. The topological polar surface area (TPSA) is 12.5 Å². The van der Waals surface area contributed by atoms with E-state index in [1.807, 2.05) is 18.2 Å². The first-order chi connectivity index (χ1) is 14.7. The summed E-state index contributed by atoms with van der Waals surface area (Å²) in [7, 11) is 1.69. The molecule has 0 radical (unpaired) electrons. The molecule has 0 aliphatic rings. The fourth-order valence-electron chi connectivity index (χ4n) is 3.36. The monoisotopic (exact) mass is 391 g/mol. The molecule has 0 heterocycles. The Hall–Kier alpha value is -3.78. The largest absolute Gasteiger partial charge is 0.497 e. The van der Waals surface area contributed by atoms with Crippen LogP contribution in [0.2, 0.25) is 0 Å². The van der Waals surface area contributed by atoms with Gasteiger partial charge in [-0.3, -0.25) is 0 Å². The Labute approximate surface area is 178 Å². The van der Waals surface area contributed by atoms with Crippen LogP contribution < -0.4 is 9.64 Å². The Balaban J connectivity index is 1.66. The molecule has 30 heavy (non-hydrogen) atoms. The van der Waals surface area contributed by atoms with Crippen LogP contribution in [0.5, 0.6) is 5.75 Å². The van der Waals surface area contributed by atoms with Gasteiger partial charge in [-0.25, -0.2) is 0 Å². The first-order valence-electron chi connectivity index (χ1n) is 10.1. The molecule has 0 aromatic heterocycles. The molecule has 4 aromatic carbocycles. The smallest absolute Gasteiger partial charge is 0.119 e. The highest BCUT2D eigenvalue weighted by atomic mass is 16.5. The average molecular weight is 392 g/mol. The fraction of sp³-hybridized carbons (Fsp3) is 0.0714. The van der Waals surface area contributed by atoms with E-state index in [0.717, 1.165) is 22.8 Å². The molecule has 4 rings (SSSR count). The van der Waals surface area contributed by atoms with Gasteiger partial charge in [0, 0.05) is 17.1 Å². The van der Waals surface area contributed by atoms with Crippen LogP contribution in [0.15, 0.2) is 103 Å². The van der Waals surface area contributed by atoms with E-state index < -0.39 is 0 Å². The zero-order valence-electron chi connectivity index (χ0n) is 17.3. The average Bonchev–Trinajstić information content (AvgIpc) is 2.81. The van der Waals surface area contributed by atoms with Gasteiger partial charge in [0.05, 0.1) is 7.11 Å². The summed E-state index contributed by atoms with van der Waals surface area (Å²) < 4.78 is 5.33. The van der Waals surface area contributed by atoms with Crippen LogP contribution in [0.4, 0.5) is 17.1 Å². The lowest BCUT2D eigenvalue weighted by Crippen LogP contribution is -2.09. The quantitative estimate of drug-likeness (QED) is 0.313. The van der Waals surface area contributed by atoms with Crippen molar-refractivity contribution in [1.29, 1.82) is 0 Å². The summed E-state index contributed by atoms with van der Waals surface area (Å²) in [6.45, 7) is 2.11. The molecule has 148 valence electrons. The highest BCUT2D eigenvalue weighted by Crippen LogP contribution is 2.35. The molecule has 0 spiro atoms. The second-order valence-corrected chi connectivity index (χ2v) is 7.20. The van der Waals surface area contributed by atoms with Crippen molar-refractivity contribution < 1.29 is 4.74 Å². The second kappa shape index (κ2) is 9.15. The zero-order valence-corrected chi connectivity index (χ0v) is 17.3. The van der Waals surface area contributed by atoms with Gasteiger partial charge in [-0.05, 0) is 66.6 Å². The Morgan fingerprint density at radius 2 is 1.03 bits per heavy atom. The number of benzene rings is 4. The molecular weight excluding hydrogens is 366 g/mol. The van der Waals surface area contributed by atoms with E-state index in [4.69, 9.17) is 4.74 Å². The molecule has 0 aliphatic carbocycles. The number of rotatable bonds is 6. The molecule has 2 heteroatoms. The highest BCUT2D eigenvalue weighted by Gasteiger charge is 2.12. The molecule has 0 saturated carbocycles. The first kappa shape index (κ1) is 19.5. The minimum atomic E-state index is 0.851. The number of nitrogens with zero attached hydrogens (tertiary/aromatic N) is 1. The van der Waals surface area contributed by atoms with E-state index in [2.05, 4.69) is 109 Å². The molecule has 0 N–H and O–H groups in total. The van der Waals surface area contributed by atoms with Gasteiger partial charge in [0.15, 0.2) is 0 Å². The first-order valence-corrected chi connectivity index (χ1v) is 10.1. The van der Waals surface area contributed by atoms with Gasteiger partial charge < -0.3 is 9.64 Å². The van der Waals surface area contributed by atoms with Crippen LogP contribution in [-0.2, 0) is 0 Å². The van der Waals surface area contributed by atoms with Crippen molar-refractivity contribution in [1.82, 2.24) is 0 Å². The number of aryl methyl sites for hydroxylation is 1. The van der Waals surface area contributed by atoms with Crippen LogP contribution in [0.1, 0.15) is 16.7 Å². The normalized spacial score (nSPS) is 10.9. The SMILES string of the molecule is COc1ccc(N(c2ccc(C)cc2)c2ccc(C=Cc3ccccc3)cc2)cc1. The number of hydrogen-bond donors (Lipinski definition) is 0. The van der Waals surface area contributed by atoms with E-state index >= 15 is 0 Å². The van der Waals surface area contributed by atoms with Crippen molar-refractivity contribution in [3.8, 4) is 5.75 Å². The summed E-state index contributed by atoms with van der Waals surface area (Å²) >= 11 is 0. The molecule has 0 aliphatic heterocycles. The minimum absolute atomic E-state index is 0.851. The van der Waals surface area contributed by atoms with Gasteiger partial charge in [0.2, 0.25) is 0 Å². The number of hydrogen-bond acceptors (Lipinski definition) is 2. The van der Waals surface area contributed by atoms with E-state index in [9.17, 15) is 0 Å². The molecule has 0 saturated heterocycles. The predicted molar refractivity (Wildman–Crippen MR) is 128 cm³/mol. The Kier molecular flexibility index (Phi) is 5.95. The lowest BCUT2D eigenvalue weighted by molar-refractivity contribution is 0.415. The lowest BCUT2D eigenvalue weighted by Gasteiger charge is -2.26. The molecule has 0 unspecified atom stereocenters. The van der Waals surface area contributed by atoms with E-state index in [1.54, 1.807) is 7.11 Å². The summed E-state index contributed by atoms with van der Waals surface area (Å²) in [6, 6.07) is 35.7. The van der Waals surface area contributed by atoms with Crippen LogP contribution in [0.3, 0.4) is 0 Å². The molecule has 2 nitrogen and oxygen atoms in total. The summed E-state index contributed by atoms with van der Waals surface area (Å²) in [5.74, 6) is 0.851. The van der Waals surface area contributed by atoms with Gasteiger partial charge in [0.1, 0.15) is 5.75 Å². The maximum atomic E-state index is 5.33. The summed E-state index contributed by atoms with van der Waals surface area (Å²) in [4.78, 5) is 2.25. The highest BCUT2D eigenvalue weighted by molar-refractivity contribution is 5.78. The van der Waals surface area contributed by atoms with Gasteiger partial charge in [-0.2, -0.15) is 0 Å². The molecule has 0 fully saturated rings. The minimum Gasteiger partial charge on any atom is -0.497 e. The second-order valence-electron chi connectivity index (χ2n) is 7.20. The van der Waals surface area contributed by atoms with Gasteiger partial charge in [0.25, 0.3) is 0 Å². The maximum absolute atomic E-state index is 5.33. The summed E-state index contributed by atoms with van der Waals surface area (Å²) in [5.41, 5.74) is 6.93. The van der Waals surface area contributed by atoms with Crippen LogP contribution in [-0.4, -0.2) is 7.11 Å². The van der Waals surface area contributed by atoms with Crippen molar-refractivity contribution in [3.05, 3.63) is 120 Å². The third kappa shape index (κ3) is 4.61. The maximum Gasteiger partial charge on any atom is 0.119 e. The predicted octanol–water partition coefficient (Wildman–Crippen LogP) is 7.64. The molecule has 0 bridgehead atoms. The Morgan fingerprint density at radius 1 is 0.567 bits per heavy atom. The Bertz CT molecular complexity index is 1100. The van der Waals surface area contributed by atoms with Crippen molar-refractivity contribution in [3.63, 3.8) is 0 Å². The van der Waals surface area contributed by atoms with Crippen LogP contribution in [0, 0.1) is 6.92 Å². The number of ether oxygens (including phenoxy) is 1. The van der Waals surface area contributed by atoms with Crippen molar-refractivity contribution in [2.24, 2.45) is 0 Å². The van der Waals surface area contributed by atoms with Crippen molar-refractivity contribution in [2.45, 2.75) is 6.92 Å². The molecule has 0 atom stereocenters. The molecule has 4 aromatic rings.